The van der Waals surface area contributed by atoms with Crippen LogP contribution >= 0.6 is 0 Å². The van der Waals surface area contributed by atoms with Gasteiger partial charge >= 0.3 is 10.2 Å². The fourth-order valence-electron chi connectivity index (χ4n) is 10.7. The molecule has 2 atom stereocenters. The number of imide groups is 1. The Labute approximate surface area is 391 Å². The molecule has 0 aliphatic carbocycles. The first-order valence-corrected chi connectivity index (χ1v) is 24.5. The molecule has 0 bridgehead atoms. The molecule has 0 saturated carbocycles. The van der Waals surface area contributed by atoms with E-state index < -0.39 is 57.0 Å². The number of carbonyl (C=O) groups is 4. The summed E-state index contributed by atoms with van der Waals surface area (Å²) in [6.45, 7) is 9.87. The number of piperazine rings is 1. The maximum absolute atomic E-state index is 15.8. The summed E-state index contributed by atoms with van der Waals surface area (Å²) in [6.07, 6.45) is 4.23. The van der Waals surface area contributed by atoms with E-state index in [0.717, 1.165) is 91.0 Å². The predicted octanol–water partition coefficient (Wildman–Crippen LogP) is 6.02. The van der Waals surface area contributed by atoms with Gasteiger partial charge in [-0.3, -0.25) is 34.1 Å². The van der Waals surface area contributed by atoms with Gasteiger partial charge in [-0.05, 0) is 105 Å². The maximum atomic E-state index is 15.8. The lowest BCUT2D eigenvalue weighted by Gasteiger charge is -2.50. The number of aromatic amines is 1. The molecule has 4 saturated heterocycles. The number of nitrogens with one attached hydrogen (secondary N) is 3. The van der Waals surface area contributed by atoms with Crippen LogP contribution in [0, 0.1) is 17.6 Å². The van der Waals surface area contributed by atoms with Gasteiger partial charge in [-0.2, -0.15) is 12.7 Å². The number of aromatic nitrogens is 2. The van der Waals surface area contributed by atoms with Crippen LogP contribution in [0.4, 0.5) is 30.2 Å². The highest BCUT2D eigenvalue weighted by atomic mass is 32.2. The zero-order chi connectivity index (χ0) is 47.6. The van der Waals surface area contributed by atoms with Crippen LogP contribution in [-0.4, -0.2) is 126 Å². The van der Waals surface area contributed by atoms with E-state index in [0.29, 0.717) is 41.0 Å². The van der Waals surface area contributed by atoms with Crippen LogP contribution in [0.25, 0.3) is 22.2 Å². The normalized spacial score (nSPS) is 21.2. The summed E-state index contributed by atoms with van der Waals surface area (Å²) in [5.74, 6) is -3.95. The van der Waals surface area contributed by atoms with Gasteiger partial charge in [-0.25, -0.2) is 18.2 Å². The van der Waals surface area contributed by atoms with Gasteiger partial charge in [0.25, 0.3) is 5.91 Å². The first-order chi connectivity index (χ1) is 32.5. The van der Waals surface area contributed by atoms with Crippen molar-refractivity contribution in [3.63, 3.8) is 0 Å². The third-order valence-corrected chi connectivity index (χ3v) is 16.3. The van der Waals surface area contributed by atoms with Crippen LogP contribution in [0.2, 0.25) is 0 Å². The van der Waals surface area contributed by atoms with Crippen molar-refractivity contribution in [1.29, 1.82) is 0 Å². The summed E-state index contributed by atoms with van der Waals surface area (Å²) in [5.41, 5.74) is 3.87. The number of fused-ring (bicyclic) bond motifs is 2. The SMILES string of the molecule is CC(C)(C1CCN(c2ccc(-c3cnc4[nH]cc(C(=O)c5c(F)ccc(NS(=O)(=O)N6CC[C@@H](F)C6)c5F)c4c3)cc2)CC1)N1CCN(c2ccc3c(c2)CN(C2CCC(=O)NC2=O)C3=O)CC1. The molecule has 7 heterocycles. The van der Waals surface area contributed by atoms with Gasteiger partial charge in [0.2, 0.25) is 17.6 Å². The number of alkyl halides is 1. The van der Waals surface area contributed by atoms with Crippen LogP contribution in [0.3, 0.4) is 0 Å². The number of anilines is 3. The zero-order valence-electron chi connectivity index (χ0n) is 37.7. The average Bonchev–Trinajstić information content (AvgIpc) is 4.07. The maximum Gasteiger partial charge on any atom is 0.301 e. The monoisotopic (exact) mass is 951 g/mol. The summed E-state index contributed by atoms with van der Waals surface area (Å²) in [6, 6.07) is 16.8. The predicted molar refractivity (Wildman–Crippen MR) is 250 cm³/mol. The van der Waals surface area contributed by atoms with Gasteiger partial charge in [0.15, 0.2) is 5.82 Å². The molecule has 15 nitrogen and oxygen atoms in total. The van der Waals surface area contributed by atoms with Gasteiger partial charge in [0, 0.05) is 117 Å². The Morgan fingerprint density at radius 3 is 2.26 bits per heavy atom. The summed E-state index contributed by atoms with van der Waals surface area (Å²) < 4.78 is 73.3. The third kappa shape index (κ3) is 8.37. The molecular weight excluding hydrogens is 900 g/mol. The van der Waals surface area contributed by atoms with E-state index in [-0.39, 0.29) is 48.8 Å². The number of nitrogens with zero attached hydrogens (tertiary/aromatic N) is 6. The van der Waals surface area contributed by atoms with E-state index in [1.807, 2.05) is 29.0 Å². The number of H-pyrrole nitrogens is 1. The second-order valence-corrected chi connectivity index (χ2v) is 20.6. The van der Waals surface area contributed by atoms with E-state index in [1.54, 1.807) is 17.2 Å². The van der Waals surface area contributed by atoms with Crippen molar-refractivity contribution in [3.05, 3.63) is 107 Å². The standard InChI is InChI=1S/C49H52F3N9O6S/c1-49(2,59-21-19-58(20-22-59)35-7-8-36-31(23-35)27-61(48(36)65)41-11-12-42(62)55-47(41)64)32-13-16-57(17-14-32)34-5-3-29(4-6-34)30-24-37-38(26-54-46(37)53-25-30)45(63)43-39(51)9-10-40(44(43)52)56-68(66,67)60-18-15-33(50)28-60/h3-10,23-26,32-33,41,56H,11-22,27-28H2,1-2H3,(H,53,54)(H,55,62,64)/t33-,41?/m1/s1. The molecule has 10 rings (SSSR count). The van der Waals surface area contributed by atoms with E-state index in [1.165, 1.54) is 6.20 Å². The smallest absolute Gasteiger partial charge is 0.301 e. The number of halogens is 3. The number of hydrogen-bond donors (Lipinski definition) is 3. The first-order valence-electron chi connectivity index (χ1n) is 23.1. The van der Waals surface area contributed by atoms with E-state index >= 15 is 8.78 Å². The molecule has 4 fully saturated rings. The largest absolute Gasteiger partial charge is 0.372 e. The Hall–Kier alpha value is -6.31. The molecule has 0 radical (unpaired) electrons. The molecule has 0 spiro atoms. The molecule has 3 aromatic carbocycles. The van der Waals surface area contributed by atoms with Crippen molar-refractivity contribution >= 4 is 61.8 Å². The van der Waals surface area contributed by atoms with Gasteiger partial charge in [-0.15, -0.1) is 0 Å². The molecule has 5 aliphatic rings. The van der Waals surface area contributed by atoms with Gasteiger partial charge in [-0.1, -0.05) is 12.1 Å². The molecule has 5 aliphatic heterocycles. The van der Waals surface area contributed by atoms with Crippen LogP contribution in [0.15, 0.2) is 73.1 Å². The second-order valence-electron chi connectivity index (χ2n) is 19.0. The Balaban J connectivity index is 0.752. The van der Waals surface area contributed by atoms with Crippen molar-refractivity contribution in [3.8, 4) is 11.1 Å². The highest BCUT2D eigenvalue weighted by Crippen LogP contribution is 2.38. The van der Waals surface area contributed by atoms with Gasteiger partial charge in [0.1, 0.15) is 23.7 Å². The number of hydrogen-bond acceptors (Lipinski definition) is 10. The molecule has 3 amide bonds. The van der Waals surface area contributed by atoms with Crippen LogP contribution in [0.5, 0.6) is 0 Å². The molecule has 68 heavy (non-hydrogen) atoms. The molecule has 2 aromatic heterocycles. The number of amides is 3. The number of carbonyl (C=O) groups excluding carboxylic acids is 4. The summed E-state index contributed by atoms with van der Waals surface area (Å²) >= 11 is 0. The zero-order valence-corrected chi connectivity index (χ0v) is 38.6. The number of ketones is 1. The molecule has 3 N–H and O–H groups in total. The number of piperidine rings is 2. The minimum Gasteiger partial charge on any atom is -0.372 e. The van der Waals surface area contributed by atoms with Crippen molar-refractivity contribution in [2.45, 2.75) is 70.2 Å². The van der Waals surface area contributed by atoms with E-state index in [4.69, 9.17) is 0 Å². The van der Waals surface area contributed by atoms with Gasteiger partial charge in [0.05, 0.1) is 11.3 Å². The number of pyridine rings is 1. The lowest BCUT2D eigenvalue weighted by Crippen LogP contribution is -2.59. The lowest BCUT2D eigenvalue weighted by molar-refractivity contribution is -0.136. The topological polar surface area (TPSA) is 171 Å². The minimum absolute atomic E-state index is 0.00231. The van der Waals surface area contributed by atoms with Crippen LogP contribution < -0.4 is 19.8 Å². The lowest BCUT2D eigenvalue weighted by atomic mass is 9.78. The Morgan fingerprint density at radius 1 is 0.838 bits per heavy atom. The molecule has 1 unspecified atom stereocenters. The molecule has 19 heteroatoms. The average molecular weight is 952 g/mol. The molecular formula is C49H52F3N9O6S. The molecule has 5 aromatic rings. The van der Waals surface area contributed by atoms with Crippen LogP contribution in [0.1, 0.15) is 77.8 Å². The van der Waals surface area contributed by atoms with E-state index in [9.17, 15) is 32.0 Å². The summed E-state index contributed by atoms with van der Waals surface area (Å²) in [4.78, 5) is 67.6. The fraction of sp³-hybridized carbons (Fsp3) is 0.408. The van der Waals surface area contributed by atoms with Crippen LogP contribution in [-0.2, 0) is 26.3 Å². The highest BCUT2D eigenvalue weighted by Gasteiger charge is 2.41. The van der Waals surface area contributed by atoms with Crippen molar-refractivity contribution in [2.75, 3.05) is 66.9 Å². The van der Waals surface area contributed by atoms with Gasteiger partial charge < -0.3 is 19.7 Å². The fourth-order valence-corrected chi connectivity index (χ4v) is 12.0. The Bertz CT molecular complexity index is 2950. The van der Waals surface area contributed by atoms with Crippen molar-refractivity contribution in [1.82, 2.24) is 29.4 Å². The number of benzene rings is 3. The minimum atomic E-state index is -4.36. The third-order valence-electron chi connectivity index (χ3n) is 14.8. The highest BCUT2D eigenvalue weighted by molar-refractivity contribution is 7.90. The van der Waals surface area contributed by atoms with E-state index in [2.05, 4.69) is 62.0 Å². The second kappa shape index (κ2) is 17.6. The summed E-state index contributed by atoms with van der Waals surface area (Å²) in [7, 11) is -4.36. The quantitative estimate of drug-likeness (QED) is 0.105. The Morgan fingerprint density at radius 2 is 1.56 bits per heavy atom. The van der Waals surface area contributed by atoms with Crippen molar-refractivity contribution < 1.29 is 40.8 Å². The summed E-state index contributed by atoms with van der Waals surface area (Å²) in [5, 5.41) is 2.70. The van der Waals surface area contributed by atoms with Crippen molar-refractivity contribution in [2.24, 2.45) is 5.92 Å². The Kier molecular flexibility index (Phi) is 11.8. The number of rotatable bonds is 11. The first kappa shape index (κ1) is 45.5. The molecule has 356 valence electrons.